The van der Waals surface area contributed by atoms with Crippen LogP contribution in [0.15, 0.2) is 42.5 Å². The lowest BCUT2D eigenvalue weighted by atomic mass is 9.81. The van der Waals surface area contributed by atoms with E-state index in [9.17, 15) is 5.11 Å². The number of benzene rings is 3. The molecule has 0 aromatic heterocycles. The fraction of sp³-hybridized carbons (Fsp3) is 0.333. The van der Waals surface area contributed by atoms with Crippen LogP contribution in [0.1, 0.15) is 25.0 Å². The van der Waals surface area contributed by atoms with Crippen LogP contribution >= 0.6 is 0 Å². The lowest BCUT2D eigenvalue weighted by Crippen LogP contribution is -2.36. The molecule has 1 aliphatic heterocycles. The maximum absolute atomic E-state index is 10.7. The van der Waals surface area contributed by atoms with Crippen molar-refractivity contribution >= 4 is 16.5 Å². The van der Waals surface area contributed by atoms with E-state index in [4.69, 9.17) is 9.47 Å². The summed E-state index contributed by atoms with van der Waals surface area (Å²) in [5, 5.41) is 12.7. The van der Waals surface area contributed by atoms with Crippen molar-refractivity contribution in [2.75, 3.05) is 38.3 Å². The van der Waals surface area contributed by atoms with Crippen LogP contribution in [0, 0.1) is 0 Å². The van der Waals surface area contributed by atoms with Gasteiger partial charge < -0.3 is 19.5 Å². The highest BCUT2D eigenvalue weighted by molar-refractivity contribution is 6.05. The molecule has 2 aliphatic rings. The van der Waals surface area contributed by atoms with Crippen LogP contribution in [-0.2, 0) is 10.2 Å². The van der Waals surface area contributed by atoms with E-state index in [1.54, 1.807) is 7.11 Å². The molecule has 1 saturated heterocycles. The second kappa shape index (κ2) is 6.14. The molecule has 1 heterocycles. The molecule has 144 valence electrons. The Morgan fingerprint density at radius 1 is 0.964 bits per heavy atom. The van der Waals surface area contributed by atoms with Gasteiger partial charge in [0.25, 0.3) is 0 Å². The van der Waals surface area contributed by atoms with Crippen molar-refractivity contribution in [2.45, 2.75) is 19.3 Å². The SMILES string of the molecule is COc1ccc2c3c(cc(O)c2c1)C(C)(C)c1cc(N2CCOCC2)ccc1-3. The number of hydrogen-bond donors (Lipinski definition) is 1. The van der Waals surface area contributed by atoms with Crippen LogP contribution in [-0.4, -0.2) is 38.5 Å². The largest absolute Gasteiger partial charge is 0.507 e. The Morgan fingerprint density at radius 2 is 1.75 bits per heavy atom. The maximum Gasteiger partial charge on any atom is 0.123 e. The van der Waals surface area contributed by atoms with Gasteiger partial charge in [-0.05, 0) is 64.0 Å². The Labute approximate surface area is 165 Å². The average molecular weight is 375 g/mol. The molecule has 3 aromatic carbocycles. The zero-order valence-electron chi connectivity index (χ0n) is 16.6. The number of ether oxygens (including phenoxy) is 2. The standard InChI is InChI=1S/C24H25NO3/c1-24(2)20-12-15(25-8-10-28-11-9-25)4-6-18(20)23-17-7-5-16(27-3)13-19(17)22(26)14-21(23)24/h4-7,12-14,26H,8-11H2,1-3H3. The summed E-state index contributed by atoms with van der Waals surface area (Å²) in [6, 6.07) is 14.7. The number of nitrogens with zero attached hydrogens (tertiary/aromatic N) is 1. The van der Waals surface area contributed by atoms with E-state index in [0.29, 0.717) is 5.75 Å². The van der Waals surface area contributed by atoms with E-state index >= 15 is 0 Å². The van der Waals surface area contributed by atoms with Gasteiger partial charge in [0.15, 0.2) is 0 Å². The molecule has 1 fully saturated rings. The molecule has 1 N–H and O–H groups in total. The van der Waals surface area contributed by atoms with E-state index < -0.39 is 0 Å². The molecule has 0 atom stereocenters. The molecule has 4 nitrogen and oxygen atoms in total. The Balaban J connectivity index is 1.73. The molecule has 0 bridgehead atoms. The van der Waals surface area contributed by atoms with Gasteiger partial charge in [-0.25, -0.2) is 0 Å². The van der Waals surface area contributed by atoms with Crippen LogP contribution in [0.4, 0.5) is 5.69 Å². The number of aromatic hydroxyl groups is 1. The third-order valence-electron chi connectivity index (χ3n) is 6.32. The number of fused-ring (bicyclic) bond motifs is 5. The molecule has 5 rings (SSSR count). The van der Waals surface area contributed by atoms with Crippen molar-refractivity contribution in [3.63, 3.8) is 0 Å². The topological polar surface area (TPSA) is 41.9 Å². The van der Waals surface area contributed by atoms with Crippen molar-refractivity contribution in [1.29, 1.82) is 0 Å². The second-order valence-corrected chi connectivity index (χ2v) is 8.18. The Hall–Kier alpha value is -2.72. The highest BCUT2D eigenvalue weighted by Gasteiger charge is 2.37. The molecular weight excluding hydrogens is 350 g/mol. The first-order valence-electron chi connectivity index (χ1n) is 9.82. The third-order valence-corrected chi connectivity index (χ3v) is 6.32. The first-order valence-corrected chi connectivity index (χ1v) is 9.82. The number of phenols is 1. The van der Waals surface area contributed by atoms with Gasteiger partial charge >= 0.3 is 0 Å². The highest BCUT2D eigenvalue weighted by atomic mass is 16.5. The lowest BCUT2D eigenvalue weighted by Gasteiger charge is -2.30. The molecule has 1 aliphatic carbocycles. The molecule has 0 saturated carbocycles. The average Bonchev–Trinajstić information content (AvgIpc) is 2.95. The van der Waals surface area contributed by atoms with Gasteiger partial charge in [-0.1, -0.05) is 19.9 Å². The fourth-order valence-corrected chi connectivity index (χ4v) is 4.73. The van der Waals surface area contributed by atoms with Gasteiger partial charge in [0.05, 0.1) is 20.3 Å². The number of morpholine rings is 1. The highest BCUT2D eigenvalue weighted by Crippen LogP contribution is 2.54. The van der Waals surface area contributed by atoms with Crippen LogP contribution < -0.4 is 9.64 Å². The van der Waals surface area contributed by atoms with Gasteiger partial charge in [0.2, 0.25) is 0 Å². The van der Waals surface area contributed by atoms with Crippen molar-refractivity contribution < 1.29 is 14.6 Å². The van der Waals surface area contributed by atoms with Crippen molar-refractivity contribution in [2.24, 2.45) is 0 Å². The van der Waals surface area contributed by atoms with Gasteiger partial charge in [0, 0.05) is 29.6 Å². The third kappa shape index (κ3) is 2.41. The number of methoxy groups -OCH3 is 1. The summed E-state index contributed by atoms with van der Waals surface area (Å²) in [7, 11) is 1.65. The molecule has 0 unspecified atom stereocenters. The Kier molecular flexibility index (Phi) is 3.81. The van der Waals surface area contributed by atoms with Crippen molar-refractivity contribution in [3.8, 4) is 22.6 Å². The molecule has 4 heteroatoms. The van der Waals surface area contributed by atoms with Gasteiger partial charge in [-0.15, -0.1) is 0 Å². The van der Waals surface area contributed by atoms with Crippen LogP contribution in [0.5, 0.6) is 11.5 Å². The zero-order chi connectivity index (χ0) is 19.5. The Morgan fingerprint density at radius 3 is 2.50 bits per heavy atom. The fourth-order valence-electron chi connectivity index (χ4n) is 4.73. The van der Waals surface area contributed by atoms with Crippen molar-refractivity contribution in [1.82, 2.24) is 0 Å². The maximum atomic E-state index is 10.7. The summed E-state index contributed by atoms with van der Waals surface area (Å²) in [5.41, 5.74) is 6.05. The lowest BCUT2D eigenvalue weighted by molar-refractivity contribution is 0.122. The predicted molar refractivity (Wildman–Crippen MR) is 113 cm³/mol. The van der Waals surface area contributed by atoms with Crippen LogP contribution in [0.25, 0.3) is 21.9 Å². The molecule has 0 radical (unpaired) electrons. The first kappa shape index (κ1) is 17.4. The molecule has 0 spiro atoms. The molecule has 3 aromatic rings. The number of hydrogen-bond acceptors (Lipinski definition) is 4. The summed E-state index contributed by atoms with van der Waals surface area (Å²) in [4.78, 5) is 2.39. The van der Waals surface area contributed by atoms with Gasteiger partial charge in [-0.3, -0.25) is 0 Å². The predicted octanol–water partition coefficient (Wildman–Crippen LogP) is 4.70. The van der Waals surface area contributed by atoms with E-state index in [-0.39, 0.29) is 5.41 Å². The first-order chi connectivity index (χ1) is 13.5. The monoisotopic (exact) mass is 375 g/mol. The quantitative estimate of drug-likeness (QED) is 0.705. The number of anilines is 1. The zero-order valence-corrected chi connectivity index (χ0v) is 16.6. The molecule has 28 heavy (non-hydrogen) atoms. The Bertz CT molecular complexity index is 1080. The van der Waals surface area contributed by atoms with Gasteiger partial charge in [0.1, 0.15) is 11.5 Å². The van der Waals surface area contributed by atoms with Gasteiger partial charge in [-0.2, -0.15) is 0 Å². The van der Waals surface area contributed by atoms with Crippen molar-refractivity contribution in [3.05, 3.63) is 53.6 Å². The smallest absolute Gasteiger partial charge is 0.123 e. The minimum atomic E-state index is -0.168. The summed E-state index contributed by atoms with van der Waals surface area (Å²) < 4.78 is 10.9. The molecular formula is C24H25NO3. The van der Waals surface area contributed by atoms with Crippen LogP contribution in [0.3, 0.4) is 0 Å². The minimum absolute atomic E-state index is 0.168. The van der Waals surface area contributed by atoms with E-state index in [2.05, 4.69) is 43.0 Å². The summed E-state index contributed by atoms with van der Waals surface area (Å²) in [5.74, 6) is 1.06. The second-order valence-electron chi connectivity index (χ2n) is 8.18. The van der Waals surface area contributed by atoms with Crippen LogP contribution in [0.2, 0.25) is 0 Å². The number of rotatable bonds is 2. The summed E-state index contributed by atoms with van der Waals surface area (Å²) >= 11 is 0. The van der Waals surface area contributed by atoms with E-state index in [0.717, 1.165) is 42.8 Å². The van der Waals surface area contributed by atoms with E-state index in [1.165, 1.54) is 27.9 Å². The molecule has 0 amide bonds. The summed E-state index contributed by atoms with van der Waals surface area (Å²) in [6.07, 6.45) is 0. The van der Waals surface area contributed by atoms with E-state index in [1.807, 2.05) is 18.2 Å². The minimum Gasteiger partial charge on any atom is -0.507 e. The summed E-state index contributed by atoms with van der Waals surface area (Å²) in [6.45, 7) is 7.90. The normalized spacial score (nSPS) is 17.5. The number of phenolic OH excluding ortho intramolecular Hbond substituents is 1.